The molecule has 0 atom stereocenters. The molecule has 6 nitrogen and oxygen atoms in total. The standard InChI is InChI=1S/C30H31N3O3S/c1-21-8-4-5-13-27(21)22-14-15-28(36-3)29(19-22)37-33-25-11-7-10-24(20-25)31-16-17-32-30(34)23-9-6-12-26(18-23)35-2/h4-15,18-20,31,33H,16-17H2,1-3H3,(H,32,34). The van der Waals surface area contributed by atoms with Crippen molar-refractivity contribution in [3.8, 4) is 22.6 Å². The molecule has 4 aromatic rings. The summed E-state index contributed by atoms with van der Waals surface area (Å²) in [5.74, 6) is 1.35. The molecule has 0 aliphatic rings. The molecule has 4 rings (SSSR count). The highest BCUT2D eigenvalue weighted by atomic mass is 32.2. The second-order valence-corrected chi connectivity index (χ2v) is 9.23. The van der Waals surface area contributed by atoms with E-state index in [1.807, 2.05) is 36.4 Å². The van der Waals surface area contributed by atoms with Crippen molar-refractivity contribution in [3.63, 3.8) is 0 Å². The largest absolute Gasteiger partial charge is 0.497 e. The van der Waals surface area contributed by atoms with Gasteiger partial charge in [0.25, 0.3) is 5.91 Å². The van der Waals surface area contributed by atoms with Gasteiger partial charge in [-0.2, -0.15) is 0 Å². The van der Waals surface area contributed by atoms with Crippen molar-refractivity contribution in [3.05, 3.63) is 102 Å². The van der Waals surface area contributed by atoms with E-state index in [1.54, 1.807) is 32.4 Å². The van der Waals surface area contributed by atoms with Crippen LogP contribution in [0, 0.1) is 6.92 Å². The zero-order valence-electron chi connectivity index (χ0n) is 21.2. The summed E-state index contributed by atoms with van der Waals surface area (Å²) in [6.45, 7) is 3.21. The van der Waals surface area contributed by atoms with Gasteiger partial charge < -0.3 is 24.8 Å². The summed E-state index contributed by atoms with van der Waals surface area (Å²) in [5, 5.41) is 6.29. The number of aryl methyl sites for hydroxylation is 1. The molecule has 37 heavy (non-hydrogen) atoms. The van der Waals surface area contributed by atoms with E-state index in [1.165, 1.54) is 23.1 Å². The first-order valence-corrected chi connectivity index (χ1v) is 12.8. The number of rotatable bonds is 11. The van der Waals surface area contributed by atoms with Crippen molar-refractivity contribution in [2.24, 2.45) is 0 Å². The average molecular weight is 514 g/mol. The Morgan fingerprint density at radius 2 is 1.62 bits per heavy atom. The van der Waals surface area contributed by atoms with Crippen LogP contribution in [0.2, 0.25) is 0 Å². The van der Waals surface area contributed by atoms with Crippen LogP contribution in [0.5, 0.6) is 11.5 Å². The second-order valence-electron chi connectivity index (χ2n) is 8.38. The minimum Gasteiger partial charge on any atom is -0.497 e. The number of hydrogen-bond donors (Lipinski definition) is 3. The van der Waals surface area contributed by atoms with Crippen LogP contribution in [0.15, 0.2) is 95.9 Å². The molecular weight excluding hydrogens is 482 g/mol. The molecule has 0 saturated heterocycles. The Kier molecular flexibility index (Phi) is 8.94. The zero-order chi connectivity index (χ0) is 26.0. The number of carbonyl (C=O) groups is 1. The number of ether oxygens (including phenoxy) is 2. The quantitative estimate of drug-likeness (QED) is 0.154. The van der Waals surface area contributed by atoms with Gasteiger partial charge in [0.05, 0.1) is 19.1 Å². The predicted molar refractivity (Wildman–Crippen MR) is 153 cm³/mol. The molecular formula is C30H31N3O3S. The van der Waals surface area contributed by atoms with Gasteiger partial charge >= 0.3 is 0 Å². The van der Waals surface area contributed by atoms with Crippen molar-refractivity contribution >= 4 is 29.2 Å². The number of hydrogen-bond acceptors (Lipinski definition) is 6. The number of methoxy groups -OCH3 is 2. The Balaban J connectivity index is 1.33. The summed E-state index contributed by atoms with van der Waals surface area (Å²) < 4.78 is 14.2. The fourth-order valence-corrected chi connectivity index (χ4v) is 4.67. The average Bonchev–Trinajstić information content (AvgIpc) is 2.94. The maximum Gasteiger partial charge on any atom is 0.251 e. The Labute approximate surface area is 222 Å². The number of nitrogens with one attached hydrogen (secondary N) is 3. The van der Waals surface area contributed by atoms with Gasteiger partial charge in [0, 0.05) is 30.0 Å². The normalized spacial score (nSPS) is 10.5. The van der Waals surface area contributed by atoms with E-state index < -0.39 is 0 Å². The highest BCUT2D eigenvalue weighted by Gasteiger charge is 2.09. The second kappa shape index (κ2) is 12.7. The smallest absolute Gasteiger partial charge is 0.251 e. The molecule has 0 aliphatic heterocycles. The van der Waals surface area contributed by atoms with Gasteiger partial charge in [-0.3, -0.25) is 4.79 Å². The Bertz CT molecular complexity index is 1360. The van der Waals surface area contributed by atoms with E-state index in [2.05, 4.69) is 58.7 Å². The maximum atomic E-state index is 12.4. The predicted octanol–water partition coefficient (Wildman–Crippen LogP) is 6.64. The third kappa shape index (κ3) is 6.98. The molecule has 0 spiro atoms. The number of anilines is 2. The molecule has 0 aliphatic carbocycles. The molecule has 0 saturated carbocycles. The van der Waals surface area contributed by atoms with Crippen LogP contribution in [0.4, 0.5) is 11.4 Å². The van der Waals surface area contributed by atoms with Crippen molar-refractivity contribution in [1.82, 2.24) is 5.32 Å². The van der Waals surface area contributed by atoms with E-state index in [4.69, 9.17) is 9.47 Å². The maximum absolute atomic E-state index is 12.4. The van der Waals surface area contributed by atoms with Gasteiger partial charge in [-0.15, -0.1) is 0 Å². The van der Waals surface area contributed by atoms with Gasteiger partial charge in [-0.05, 0) is 84.1 Å². The van der Waals surface area contributed by atoms with Gasteiger partial charge in [0.15, 0.2) is 0 Å². The van der Waals surface area contributed by atoms with Gasteiger partial charge in [-0.1, -0.05) is 42.5 Å². The van der Waals surface area contributed by atoms with Crippen LogP contribution in [0.3, 0.4) is 0 Å². The molecule has 0 fully saturated rings. The molecule has 1 amide bonds. The SMILES string of the molecule is COc1cccc(C(=O)NCCNc2cccc(NSc3cc(-c4ccccc4C)ccc3OC)c2)c1. The Hall–Kier alpha value is -4.10. The molecule has 0 aromatic heterocycles. The fraction of sp³-hybridized carbons (Fsp3) is 0.167. The first kappa shape index (κ1) is 26.0. The summed E-state index contributed by atoms with van der Waals surface area (Å²) in [5.41, 5.74) is 6.08. The Morgan fingerprint density at radius 3 is 2.43 bits per heavy atom. The van der Waals surface area contributed by atoms with E-state index in [0.717, 1.165) is 27.6 Å². The monoisotopic (exact) mass is 513 g/mol. The molecule has 0 radical (unpaired) electrons. The molecule has 4 aromatic carbocycles. The van der Waals surface area contributed by atoms with Crippen LogP contribution in [-0.4, -0.2) is 33.2 Å². The lowest BCUT2D eigenvalue weighted by atomic mass is 10.0. The van der Waals surface area contributed by atoms with Crippen LogP contribution in [-0.2, 0) is 0 Å². The van der Waals surface area contributed by atoms with Crippen molar-refractivity contribution < 1.29 is 14.3 Å². The van der Waals surface area contributed by atoms with Gasteiger partial charge in [-0.25, -0.2) is 0 Å². The van der Waals surface area contributed by atoms with Gasteiger partial charge in [0.2, 0.25) is 0 Å². The number of benzene rings is 4. The topological polar surface area (TPSA) is 71.6 Å². The third-order valence-corrected chi connectivity index (χ3v) is 6.71. The first-order chi connectivity index (χ1) is 18.1. The molecule has 3 N–H and O–H groups in total. The first-order valence-electron chi connectivity index (χ1n) is 12.0. The lowest BCUT2D eigenvalue weighted by Crippen LogP contribution is -2.28. The fourth-order valence-electron chi connectivity index (χ4n) is 3.88. The number of amides is 1. The van der Waals surface area contributed by atoms with E-state index in [0.29, 0.717) is 24.4 Å². The summed E-state index contributed by atoms with van der Waals surface area (Å²) in [6, 6.07) is 29.7. The van der Waals surface area contributed by atoms with Crippen LogP contribution in [0.1, 0.15) is 15.9 Å². The summed E-state index contributed by atoms with van der Waals surface area (Å²) in [4.78, 5) is 13.4. The van der Waals surface area contributed by atoms with E-state index >= 15 is 0 Å². The lowest BCUT2D eigenvalue weighted by molar-refractivity contribution is 0.0955. The lowest BCUT2D eigenvalue weighted by Gasteiger charge is -2.14. The summed E-state index contributed by atoms with van der Waals surface area (Å²) in [7, 11) is 3.27. The van der Waals surface area contributed by atoms with Gasteiger partial charge in [0.1, 0.15) is 11.5 Å². The van der Waals surface area contributed by atoms with Crippen LogP contribution in [0.25, 0.3) is 11.1 Å². The zero-order valence-corrected chi connectivity index (χ0v) is 22.0. The number of carbonyl (C=O) groups excluding carboxylic acids is 1. The highest BCUT2D eigenvalue weighted by molar-refractivity contribution is 8.00. The molecule has 0 heterocycles. The summed E-state index contributed by atoms with van der Waals surface area (Å²) >= 11 is 1.51. The van der Waals surface area contributed by atoms with E-state index in [-0.39, 0.29) is 5.91 Å². The van der Waals surface area contributed by atoms with Crippen molar-refractivity contribution in [2.45, 2.75) is 11.8 Å². The minimum absolute atomic E-state index is 0.130. The molecule has 0 unspecified atom stereocenters. The molecule has 0 bridgehead atoms. The Morgan fingerprint density at radius 1 is 0.811 bits per heavy atom. The van der Waals surface area contributed by atoms with Crippen LogP contribution >= 0.6 is 11.9 Å². The van der Waals surface area contributed by atoms with Crippen molar-refractivity contribution in [2.75, 3.05) is 37.3 Å². The minimum atomic E-state index is -0.130. The van der Waals surface area contributed by atoms with Crippen LogP contribution < -0.4 is 24.8 Å². The highest BCUT2D eigenvalue weighted by Crippen LogP contribution is 2.35. The van der Waals surface area contributed by atoms with E-state index in [9.17, 15) is 4.79 Å². The van der Waals surface area contributed by atoms with Crippen molar-refractivity contribution in [1.29, 1.82) is 0 Å². The molecule has 190 valence electrons. The summed E-state index contributed by atoms with van der Waals surface area (Å²) in [6.07, 6.45) is 0. The third-order valence-electron chi connectivity index (χ3n) is 5.83. The molecule has 7 heteroatoms.